The molecule has 1 aliphatic rings. The standard InChI is InChI=1S/C45H32N2/c1-45(2)37-20-12-13-21-40(37)47-38-24-22-31(29-14-6-3-7-15-29)26-34(38)35-28-41-42(43(45)44(35)47)36-27-32(30-16-8-4-9-17-30)23-25-39(36)46(41)33-18-10-5-11-19-33/h3-28H,1-2H3. The lowest BCUT2D eigenvalue weighted by Gasteiger charge is -2.35. The van der Waals surface area contributed by atoms with E-state index in [1.807, 2.05) is 0 Å². The van der Waals surface area contributed by atoms with Gasteiger partial charge in [0.25, 0.3) is 0 Å². The van der Waals surface area contributed by atoms with E-state index in [9.17, 15) is 0 Å². The maximum Gasteiger partial charge on any atom is 0.0589 e. The van der Waals surface area contributed by atoms with Gasteiger partial charge in [0.05, 0.1) is 27.8 Å². The van der Waals surface area contributed by atoms with Gasteiger partial charge in [-0.2, -0.15) is 0 Å². The van der Waals surface area contributed by atoms with Gasteiger partial charge in [0.15, 0.2) is 0 Å². The van der Waals surface area contributed by atoms with Crippen molar-refractivity contribution >= 4 is 43.6 Å². The minimum absolute atomic E-state index is 0.237. The number of nitrogens with zero attached hydrogens (tertiary/aromatic N) is 2. The molecular formula is C45H32N2. The molecule has 0 atom stereocenters. The number of aromatic nitrogens is 2. The van der Waals surface area contributed by atoms with E-state index in [2.05, 4.69) is 181 Å². The highest BCUT2D eigenvalue weighted by atomic mass is 15.0. The molecule has 9 aromatic rings. The van der Waals surface area contributed by atoms with E-state index in [1.54, 1.807) is 0 Å². The third-order valence-electron chi connectivity index (χ3n) is 10.4. The lowest BCUT2D eigenvalue weighted by Crippen LogP contribution is -2.26. The van der Waals surface area contributed by atoms with Crippen molar-refractivity contribution in [2.75, 3.05) is 0 Å². The fourth-order valence-corrected chi connectivity index (χ4v) is 8.34. The molecule has 2 heteroatoms. The van der Waals surface area contributed by atoms with E-state index < -0.39 is 0 Å². The lowest BCUT2D eigenvalue weighted by atomic mass is 9.73. The molecule has 2 nitrogen and oxygen atoms in total. The van der Waals surface area contributed by atoms with E-state index in [4.69, 9.17) is 0 Å². The Morgan fingerprint density at radius 1 is 0.426 bits per heavy atom. The first kappa shape index (κ1) is 26.4. The second-order valence-electron chi connectivity index (χ2n) is 13.4. The molecule has 0 fully saturated rings. The molecule has 7 aromatic carbocycles. The normalized spacial score (nSPS) is 13.5. The number of para-hydroxylation sites is 2. The maximum atomic E-state index is 2.54. The topological polar surface area (TPSA) is 9.86 Å². The zero-order valence-electron chi connectivity index (χ0n) is 26.4. The molecule has 0 bridgehead atoms. The summed E-state index contributed by atoms with van der Waals surface area (Å²) in [6.07, 6.45) is 0. The Labute approximate surface area is 273 Å². The Kier molecular flexibility index (Phi) is 5.37. The van der Waals surface area contributed by atoms with Gasteiger partial charge in [-0.15, -0.1) is 0 Å². The van der Waals surface area contributed by atoms with Gasteiger partial charge in [0.1, 0.15) is 0 Å². The average molecular weight is 601 g/mol. The van der Waals surface area contributed by atoms with Gasteiger partial charge >= 0.3 is 0 Å². The number of hydrogen-bond donors (Lipinski definition) is 0. The predicted molar refractivity (Wildman–Crippen MR) is 198 cm³/mol. The number of rotatable bonds is 3. The summed E-state index contributed by atoms with van der Waals surface area (Å²) in [5, 5.41) is 5.20. The minimum Gasteiger partial charge on any atom is -0.309 e. The smallest absolute Gasteiger partial charge is 0.0589 e. The lowest BCUT2D eigenvalue weighted by molar-refractivity contribution is 0.636. The van der Waals surface area contributed by atoms with E-state index in [0.29, 0.717) is 0 Å². The highest BCUT2D eigenvalue weighted by molar-refractivity contribution is 6.23. The molecule has 222 valence electrons. The Hall–Kier alpha value is -5.86. The van der Waals surface area contributed by atoms with E-state index in [-0.39, 0.29) is 5.41 Å². The summed E-state index contributed by atoms with van der Waals surface area (Å²) in [6.45, 7) is 4.84. The van der Waals surface area contributed by atoms with Crippen LogP contribution in [-0.4, -0.2) is 9.13 Å². The summed E-state index contributed by atoms with van der Waals surface area (Å²) in [5.41, 5.74) is 14.9. The summed E-state index contributed by atoms with van der Waals surface area (Å²) in [7, 11) is 0. The molecule has 0 saturated carbocycles. The van der Waals surface area contributed by atoms with Gasteiger partial charge in [-0.1, -0.05) is 123 Å². The third kappa shape index (κ3) is 3.61. The second-order valence-corrected chi connectivity index (χ2v) is 13.4. The highest BCUT2D eigenvalue weighted by Crippen LogP contribution is 2.53. The first-order valence-corrected chi connectivity index (χ1v) is 16.5. The van der Waals surface area contributed by atoms with Crippen molar-refractivity contribution in [3.05, 3.63) is 169 Å². The summed E-state index contributed by atoms with van der Waals surface area (Å²) in [4.78, 5) is 0. The number of benzene rings is 7. The number of hydrogen-bond acceptors (Lipinski definition) is 0. The van der Waals surface area contributed by atoms with Crippen LogP contribution in [0.4, 0.5) is 0 Å². The van der Waals surface area contributed by atoms with Gasteiger partial charge in [-0.3, -0.25) is 0 Å². The summed E-state index contributed by atoms with van der Waals surface area (Å²) in [5.74, 6) is 0. The predicted octanol–water partition coefficient (Wildman–Crippen LogP) is 11.9. The SMILES string of the molecule is CC1(C)c2ccccc2-n2c3ccc(-c4ccccc4)cc3c3cc4c(c1c32)c1cc(-c2ccccc2)ccc1n4-c1ccccc1. The van der Waals surface area contributed by atoms with Crippen molar-refractivity contribution in [2.24, 2.45) is 0 Å². The van der Waals surface area contributed by atoms with Crippen molar-refractivity contribution in [1.29, 1.82) is 0 Å². The molecular weight excluding hydrogens is 569 g/mol. The van der Waals surface area contributed by atoms with Crippen molar-refractivity contribution < 1.29 is 0 Å². The van der Waals surface area contributed by atoms with Gasteiger partial charge in [0.2, 0.25) is 0 Å². The zero-order chi connectivity index (χ0) is 31.3. The molecule has 10 rings (SSSR count). The summed E-state index contributed by atoms with van der Waals surface area (Å²) >= 11 is 0. The minimum atomic E-state index is -0.237. The van der Waals surface area contributed by atoms with E-state index >= 15 is 0 Å². The molecule has 0 radical (unpaired) electrons. The molecule has 0 unspecified atom stereocenters. The van der Waals surface area contributed by atoms with E-state index in [1.165, 1.54) is 88.4 Å². The molecule has 0 amide bonds. The van der Waals surface area contributed by atoms with Crippen LogP contribution in [0.1, 0.15) is 25.0 Å². The van der Waals surface area contributed by atoms with Gasteiger partial charge in [0, 0.05) is 32.6 Å². The molecule has 47 heavy (non-hydrogen) atoms. The van der Waals surface area contributed by atoms with Crippen LogP contribution >= 0.6 is 0 Å². The zero-order valence-corrected chi connectivity index (χ0v) is 26.4. The largest absolute Gasteiger partial charge is 0.309 e. The first-order chi connectivity index (χ1) is 23.1. The second kappa shape index (κ2) is 9.57. The molecule has 0 spiro atoms. The Bertz CT molecular complexity index is 2670. The molecule has 2 aromatic heterocycles. The summed E-state index contributed by atoms with van der Waals surface area (Å²) in [6, 6.07) is 57.9. The fraction of sp³-hybridized carbons (Fsp3) is 0.0667. The number of fused-ring (bicyclic) bond motifs is 9. The van der Waals surface area contributed by atoms with Crippen LogP contribution in [0.5, 0.6) is 0 Å². The Balaban J connectivity index is 1.44. The fourth-order valence-electron chi connectivity index (χ4n) is 8.34. The monoisotopic (exact) mass is 600 g/mol. The van der Waals surface area contributed by atoms with Crippen LogP contribution in [-0.2, 0) is 5.41 Å². The average Bonchev–Trinajstić information content (AvgIpc) is 3.63. The summed E-state index contributed by atoms with van der Waals surface area (Å²) < 4.78 is 5.03. The molecule has 3 heterocycles. The van der Waals surface area contributed by atoms with Crippen molar-refractivity contribution in [3.63, 3.8) is 0 Å². The quantitative estimate of drug-likeness (QED) is 0.191. The van der Waals surface area contributed by atoms with Gasteiger partial charge in [-0.05, 0) is 81.9 Å². The van der Waals surface area contributed by atoms with Crippen molar-refractivity contribution in [3.8, 4) is 33.6 Å². The maximum absolute atomic E-state index is 2.54. The molecule has 0 saturated heterocycles. The van der Waals surface area contributed by atoms with Crippen LogP contribution < -0.4 is 0 Å². The highest BCUT2D eigenvalue weighted by Gasteiger charge is 2.38. The van der Waals surface area contributed by atoms with Gasteiger partial charge < -0.3 is 9.13 Å². The van der Waals surface area contributed by atoms with Gasteiger partial charge in [-0.25, -0.2) is 0 Å². The van der Waals surface area contributed by atoms with Crippen LogP contribution in [0, 0.1) is 0 Å². The van der Waals surface area contributed by atoms with Crippen LogP contribution in [0.15, 0.2) is 158 Å². The molecule has 0 N–H and O–H groups in total. The third-order valence-corrected chi connectivity index (χ3v) is 10.4. The van der Waals surface area contributed by atoms with Crippen molar-refractivity contribution in [1.82, 2.24) is 9.13 Å². The van der Waals surface area contributed by atoms with Crippen LogP contribution in [0.2, 0.25) is 0 Å². The van der Waals surface area contributed by atoms with E-state index in [0.717, 1.165) is 0 Å². The van der Waals surface area contributed by atoms with Crippen LogP contribution in [0.3, 0.4) is 0 Å². The Morgan fingerprint density at radius 2 is 0.979 bits per heavy atom. The molecule has 1 aliphatic heterocycles. The first-order valence-electron chi connectivity index (χ1n) is 16.5. The van der Waals surface area contributed by atoms with Crippen molar-refractivity contribution in [2.45, 2.75) is 19.3 Å². The van der Waals surface area contributed by atoms with Crippen LogP contribution in [0.25, 0.3) is 77.2 Å². The molecule has 0 aliphatic carbocycles. The Morgan fingerprint density at radius 3 is 1.64 bits per heavy atom.